The number of hydrogen-bond acceptors (Lipinski definition) is 5. The zero-order chi connectivity index (χ0) is 15.4. The molecule has 0 atom stereocenters. The Hall–Kier alpha value is -3.02. The van der Waals surface area contributed by atoms with Crippen molar-refractivity contribution < 1.29 is 23.3 Å². The van der Waals surface area contributed by atoms with E-state index in [-0.39, 0.29) is 5.69 Å². The van der Waals surface area contributed by atoms with Gasteiger partial charge in [0.2, 0.25) is 0 Å². The number of nitrogens with zero attached hydrogens (tertiary/aromatic N) is 1. The molecule has 0 aliphatic carbocycles. The van der Waals surface area contributed by atoms with E-state index in [4.69, 9.17) is 18.5 Å². The third kappa shape index (κ3) is 1.74. The number of carboxylic acid groups (broad SMARTS) is 1. The molecule has 4 rings (SSSR count). The summed E-state index contributed by atoms with van der Waals surface area (Å²) in [6, 6.07) is 7.04. The molecule has 0 saturated carbocycles. The van der Waals surface area contributed by atoms with Crippen LogP contribution in [0.1, 0.15) is 22.0 Å². The van der Waals surface area contributed by atoms with Crippen molar-refractivity contribution >= 4 is 27.9 Å². The van der Waals surface area contributed by atoms with Gasteiger partial charge in [-0.15, -0.1) is 0 Å². The maximum atomic E-state index is 11.0. The van der Waals surface area contributed by atoms with E-state index in [1.165, 1.54) is 6.07 Å². The highest BCUT2D eigenvalue weighted by Crippen LogP contribution is 2.39. The van der Waals surface area contributed by atoms with Gasteiger partial charge < -0.3 is 18.5 Å². The lowest BCUT2D eigenvalue weighted by Gasteiger charge is -1.99. The van der Waals surface area contributed by atoms with Gasteiger partial charge in [-0.1, -0.05) is 5.16 Å². The Morgan fingerprint density at radius 3 is 2.59 bits per heavy atom. The van der Waals surface area contributed by atoms with E-state index in [1.54, 1.807) is 0 Å². The summed E-state index contributed by atoms with van der Waals surface area (Å²) in [4.78, 5) is 11.0. The van der Waals surface area contributed by atoms with Gasteiger partial charge in [-0.05, 0) is 32.0 Å². The van der Waals surface area contributed by atoms with Crippen molar-refractivity contribution in [1.29, 1.82) is 0 Å². The Bertz CT molecular complexity index is 979. The van der Waals surface area contributed by atoms with Crippen molar-refractivity contribution in [2.24, 2.45) is 0 Å². The lowest BCUT2D eigenvalue weighted by molar-refractivity contribution is 0.0686. The highest BCUT2D eigenvalue weighted by atomic mass is 16.5. The summed E-state index contributed by atoms with van der Waals surface area (Å²) in [5.74, 6) is 0.692. The Kier molecular flexibility index (Phi) is 2.45. The van der Waals surface area contributed by atoms with Crippen molar-refractivity contribution in [3.63, 3.8) is 0 Å². The Labute approximate surface area is 123 Å². The van der Waals surface area contributed by atoms with Gasteiger partial charge in [0.25, 0.3) is 0 Å². The first-order valence-corrected chi connectivity index (χ1v) is 6.66. The third-order valence-electron chi connectivity index (χ3n) is 3.53. The monoisotopic (exact) mass is 297 g/mol. The molecule has 110 valence electrons. The smallest absolute Gasteiger partial charge is 0.358 e. The van der Waals surface area contributed by atoms with Gasteiger partial charge in [-0.3, -0.25) is 0 Å². The average Bonchev–Trinajstić information content (AvgIpc) is 3.12. The molecule has 1 aromatic carbocycles. The quantitative estimate of drug-likeness (QED) is 0.597. The highest BCUT2D eigenvalue weighted by molar-refractivity contribution is 6.08. The van der Waals surface area contributed by atoms with Gasteiger partial charge in [0.05, 0.1) is 5.56 Å². The lowest BCUT2D eigenvalue weighted by atomic mass is 10.0. The van der Waals surface area contributed by atoms with Crippen LogP contribution in [0.15, 0.2) is 37.6 Å². The number of carboxylic acids is 1. The topological polar surface area (TPSA) is 89.6 Å². The van der Waals surface area contributed by atoms with Crippen LogP contribution in [0.5, 0.6) is 0 Å². The van der Waals surface area contributed by atoms with Crippen LogP contribution in [-0.2, 0) is 0 Å². The molecule has 0 aliphatic heterocycles. The van der Waals surface area contributed by atoms with Gasteiger partial charge in [0.1, 0.15) is 22.7 Å². The number of rotatable bonds is 2. The van der Waals surface area contributed by atoms with Gasteiger partial charge in [0, 0.05) is 16.8 Å². The molecular formula is C16H11NO5. The molecule has 0 fully saturated rings. The molecule has 0 aliphatic rings. The van der Waals surface area contributed by atoms with Crippen LogP contribution in [0.2, 0.25) is 0 Å². The Morgan fingerprint density at radius 2 is 1.86 bits per heavy atom. The predicted octanol–water partition coefficient (Wildman–Crippen LogP) is 4.15. The van der Waals surface area contributed by atoms with Crippen LogP contribution in [-0.4, -0.2) is 16.2 Å². The number of benzene rings is 1. The van der Waals surface area contributed by atoms with Crippen LogP contribution in [0, 0.1) is 13.8 Å². The predicted molar refractivity (Wildman–Crippen MR) is 77.9 cm³/mol. The van der Waals surface area contributed by atoms with Crippen LogP contribution in [0.3, 0.4) is 0 Å². The van der Waals surface area contributed by atoms with E-state index >= 15 is 0 Å². The van der Waals surface area contributed by atoms with E-state index < -0.39 is 5.97 Å². The minimum Gasteiger partial charge on any atom is -0.476 e. The zero-order valence-corrected chi connectivity index (χ0v) is 11.8. The van der Waals surface area contributed by atoms with Gasteiger partial charge in [-0.2, -0.15) is 0 Å². The summed E-state index contributed by atoms with van der Waals surface area (Å²) >= 11 is 0. The first-order chi connectivity index (χ1) is 10.5. The Morgan fingerprint density at radius 1 is 1.09 bits per heavy atom. The van der Waals surface area contributed by atoms with Crippen LogP contribution < -0.4 is 0 Å². The minimum atomic E-state index is -1.14. The number of aromatic nitrogens is 1. The molecule has 4 aromatic rings. The van der Waals surface area contributed by atoms with Crippen molar-refractivity contribution in [1.82, 2.24) is 5.16 Å². The van der Waals surface area contributed by atoms with Crippen LogP contribution in [0.4, 0.5) is 0 Å². The van der Waals surface area contributed by atoms with Crippen molar-refractivity contribution in [2.75, 3.05) is 0 Å². The summed E-state index contributed by atoms with van der Waals surface area (Å²) in [5, 5.41) is 14.2. The number of hydrogen-bond donors (Lipinski definition) is 1. The van der Waals surface area contributed by atoms with E-state index in [0.717, 1.165) is 22.3 Å². The van der Waals surface area contributed by atoms with Crippen molar-refractivity contribution in [2.45, 2.75) is 13.8 Å². The van der Waals surface area contributed by atoms with Crippen LogP contribution >= 0.6 is 0 Å². The molecule has 0 bridgehead atoms. The first kappa shape index (κ1) is 12.7. The largest absolute Gasteiger partial charge is 0.476 e. The summed E-state index contributed by atoms with van der Waals surface area (Å²) in [6.07, 6.45) is 0. The molecule has 6 nitrogen and oxygen atoms in total. The summed E-state index contributed by atoms with van der Waals surface area (Å²) < 4.78 is 16.7. The van der Waals surface area contributed by atoms with Gasteiger partial charge in [0.15, 0.2) is 11.5 Å². The normalized spacial score (nSPS) is 11.5. The fourth-order valence-electron chi connectivity index (χ4n) is 2.67. The van der Waals surface area contributed by atoms with Crippen molar-refractivity contribution in [3.05, 3.63) is 41.5 Å². The second-order valence-electron chi connectivity index (χ2n) is 5.18. The maximum Gasteiger partial charge on any atom is 0.358 e. The number of furan rings is 2. The summed E-state index contributed by atoms with van der Waals surface area (Å²) in [7, 11) is 0. The highest BCUT2D eigenvalue weighted by Gasteiger charge is 2.21. The minimum absolute atomic E-state index is 0.149. The lowest BCUT2D eigenvalue weighted by Crippen LogP contribution is -1.94. The average molecular weight is 297 g/mol. The maximum absolute atomic E-state index is 11.0. The van der Waals surface area contributed by atoms with E-state index in [2.05, 4.69) is 5.16 Å². The molecule has 0 amide bonds. The fraction of sp³-hybridized carbons (Fsp3) is 0.125. The van der Waals surface area contributed by atoms with Gasteiger partial charge in [-0.25, -0.2) is 4.79 Å². The van der Waals surface area contributed by atoms with E-state index in [1.807, 2.05) is 32.0 Å². The third-order valence-corrected chi connectivity index (χ3v) is 3.53. The SMILES string of the molecule is Cc1cc2c(-c3cc(C(=O)O)no3)c3oc(C)cc3cc2o1. The Balaban J connectivity index is 2.12. The summed E-state index contributed by atoms with van der Waals surface area (Å²) in [6.45, 7) is 3.69. The van der Waals surface area contributed by atoms with E-state index in [0.29, 0.717) is 22.5 Å². The fourth-order valence-corrected chi connectivity index (χ4v) is 2.67. The second-order valence-corrected chi connectivity index (χ2v) is 5.18. The summed E-state index contributed by atoms with van der Waals surface area (Å²) in [5.41, 5.74) is 1.81. The molecule has 0 spiro atoms. The first-order valence-electron chi connectivity index (χ1n) is 6.66. The molecule has 6 heteroatoms. The molecule has 0 unspecified atom stereocenters. The molecule has 0 radical (unpaired) electrons. The number of aromatic carboxylic acids is 1. The zero-order valence-electron chi connectivity index (χ0n) is 11.8. The number of aryl methyl sites for hydroxylation is 2. The number of carbonyl (C=O) groups is 1. The molecule has 0 saturated heterocycles. The second kappa shape index (κ2) is 4.24. The van der Waals surface area contributed by atoms with E-state index in [9.17, 15) is 4.79 Å². The van der Waals surface area contributed by atoms with Crippen LogP contribution in [0.25, 0.3) is 33.3 Å². The molecule has 22 heavy (non-hydrogen) atoms. The van der Waals surface area contributed by atoms with Gasteiger partial charge >= 0.3 is 5.97 Å². The van der Waals surface area contributed by atoms with Crippen molar-refractivity contribution in [3.8, 4) is 11.3 Å². The molecule has 3 heterocycles. The standard InChI is InChI=1S/C16H11NO5/c1-7-3-9-5-12-10(4-8(2)20-12)14(15(9)21-7)13-6-11(16(18)19)17-22-13/h3-6H,1-2H3,(H,18,19). The molecule has 1 N–H and O–H groups in total. The molecule has 3 aromatic heterocycles. The molecular weight excluding hydrogens is 286 g/mol. The number of fused-ring (bicyclic) bond motifs is 2.